The van der Waals surface area contributed by atoms with E-state index in [0.29, 0.717) is 6.04 Å². The normalized spacial score (nSPS) is 11.3. The smallest absolute Gasteiger partial charge is 0.0924 e. The Morgan fingerprint density at radius 1 is 1.38 bits per heavy atom. The summed E-state index contributed by atoms with van der Waals surface area (Å²) in [6.45, 7) is 4.21. The van der Waals surface area contributed by atoms with Gasteiger partial charge in [-0.05, 0) is 32.0 Å². The van der Waals surface area contributed by atoms with Gasteiger partial charge < -0.3 is 5.73 Å². The first-order valence-electron chi connectivity index (χ1n) is 4.41. The van der Waals surface area contributed by atoms with Gasteiger partial charge >= 0.3 is 0 Å². The maximum Gasteiger partial charge on any atom is 0.0924 e. The summed E-state index contributed by atoms with van der Waals surface area (Å²) in [6, 6.07) is 6.17. The fourth-order valence-corrected chi connectivity index (χ4v) is 1.33. The van der Waals surface area contributed by atoms with Crippen molar-refractivity contribution in [3.63, 3.8) is 0 Å². The molecule has 2 aromatic rings. The molecule has 0 saturated heterocycles. The van der Waals surface area contributed by atoms with Crippen molar-refractivity contribution in [1.82, 2.24) is 9.78 Å². The first kappa shape index (κ1) is 8.10. The third-order valence-electron chi connectivity index (χ3n) is 2.08. The minimum Gasteiger partial charge on any atom is -0.399 e. The number of hydrogen-bond donors (Lipinski definition) is 1. The number of nitrogens with zero attached hydrogens (tertiary/aromatic N) is 2. The number of rotatable bonds is 1. The van der Waals surface area contributed by atoms with Crippen molar-refractivity contribution in [1.29, 1.82) is 0 Å². The first-order valence-corrected chi connectivity index (χ1v) is 4.41. The second-order valence-electron chi connectivity index (χ2n) is 3.52. The summed E-state index contributed by atoms with van der Waals surface area (Å²) >= 11 is 0. The molecule has 1 heterocycles. The van der Waals surface area contributed by atoms with Gasteiger partial charge in [-0.15, -0.1) is 0 Å². The lowest BCUT2D eigenvalue weighted by Crippen LogP contribution is -1.99. The van der Waals surface area contributed by atoms with E-state index < -0.39 is 0 Å². The molecule has 0 amide bonds. The zero-order chi connectivity index (χ0) is 9.42. The molecule has 0 atom stereocenters. The molecule has 1 aromatic carbocycles. The maximum absolute atomic E-state index is 5.67. The summed E-state index contributed by atoms with van der Waals surface area (Å²) < 4.78 is 1.95. The maximum atomic E-state index is 5.67. The summed E-state index contributed by atoms with van der Waals surface area (Å²) in [4.78, 5) is 0. The fraction of sp³-hybridized carbons (Fsp3) is 0.300. The van der Waals surface area contributed by atoms with E-state index in [2.05, 4.69) is 18.9 Å². The minimum atomic E-state index is 0.397. The number of nitrogen functional groups attached to an aromatic ring is 1. The van der Waals surface area contributed by atoms with Crippen LogP contribution in [0, 0.1) is 0 Å². The van der Waals surface area contributed by atoms with Gasteiger partial charge in [-0.2, -0.15) is 5.10 Å². The molecule has 0 bridgehead atoms. The monoisotopic (exact) mass is 175 g/mol. The minimum absolute atomic E-state index is 0.397. The molecule has 0 spiro atoms. The lowest BCUT2D eigenvalue weighted by atomic mass is 10.2. The molecule has 2 N–H and O–H groups in total. The standard InChI is InChI=1S/C10H13N3/c1-7(2)13-6-8-5-9(11)3-4-10(8)12-13/h3-7H,11H2,1-2H3. The Balaban J connectivity index is 2.62. The number of fused-ring (bicyclic) bond motifs is 1. The zero-order valence-electron chi connectivity index (χ0n) is 7.86. The Bertz CT molecular complexity index is 429. The van der Waals surface area contributed by atoms with Crippen LogP contribution in [-0.4, -0.2) is 9.78 Å². The Kier molecular flexibility index (Phi) is 1.72. The van der Waals surface area contributed by atoms with Crippen LogP contribution in [0.5, 0.6) is 0 Å². The summed E-state index contributed by atoms with van der Waals surface area (Å²) in [5.74, 6) is 0. The van der Waals surface area contributed by atoms with Gasteiger partial charge in [0.05, 0.1) is 5.52 Å². The molecule has 0 radical (unpaired) electrons. The van der Waals surface area contributed by atoms with Gasteiger partial charge in [0, 0.05) is 23.3 Å². The average molecular weight is 175 g/mol. The van der Waals surface area contributed by atoms with E-state index in [9.17, 15) is 0 Å². The Labute approximate surface area is 77.2 Å². The molecule has 0 aliphatic carbocycles. The average Bonchev–Trinajstić information content (AvgIpc) is 2.46. The van der Waals surface area contributed by atoms with Crippen LogP contribution in [-0.2, 0) is 0 Å². The molecule has 0 saturated carbocycles. The lowest BCUT2D eigenvalue weighted by molar-refractivity contribution is 0.537. The summed E-state index contributed by atoms with van der Waals surface area (Å²) in [7, 11) is 0. The second-order valence-corrected chi connectivity index (χ2v) is 3.52. The van der Waals surface area contributed by atoms with E-state index in [1.807, 2.05) is 29.1 Å². The molecule has 0 aliphatic rings. The van der Waals surface area contributed by atoms with Crippen LogP contribution in [0.3, 0.4) is 0 Å². The molecule has 0 unspecified atom stereocenters. The molecule has 13 heavy (non-hydrogen) atoms. The van der Waals surface area contributed by atoms with Crippen molar-refractivity contribution in [3.8, 4) is 0 Å². The van der Waals surface area contributed by atoms with E-state index in [0.717, 1.165) is 16.6 Å². The molecular formula is C10H13N3. The predicted octanol–water partition coefficient (Wildman–Crippen LogP) is 2.20. The largest absolute Gasteiger partial charge is 0.399 e. The number of benzene rings is 1. The van der Waals surface area contributed by atoms with Gasteiger partial charge in [0.2, 0.25) is 0 Å². The van der Waals surface area contributed by atoms with Crippen LogP contribution in [0.25, 0.3) is 10.9 Å². The van der Waals surface area contributed by atoms with Gasteiger partial charge in [-0.1, -0.05) is 0 Å². The number of hydrogen-bond acceptors (Lipinski definition) is 2. The van der Waals surface area contributed by atoms with Crippen LogP contribution in [0.2, 0.25) is 0 Å². The van der Waals surface area contributed by atoms with Gasteiger partial charge in [0.25, 0.3) is 0 Å². The van der Waals surface area contributed by atoms with Crippen molar-refractivity contribution in [3.05, 3.63) is 24.4 Å². The highest BCUT2D eigenvalue weighted by Gasteiger charge is 2.02. The molecule has 1 aromatic heterocycles. The van der Waals surface area contributed by atoms with Crippen molar-refractivity contribution in [2.75, 3.05) is 5.73 Å². The van der Waals surface area contributed by atoms with Crippen molar-refractivity contribution in [2.45, 2.75) is 19.9 Å². The molecule has 3 heteroatoms. The summed E-state index contributed by atoms with van der Waals surface area (Å²) in [5.41, 5.74) is 7.46. The Morgan fingerprint density at radius 3 is 2.85 bits per heavy atom. The number of nitrogens with two attached hydrogens (primary N) is 1. The van der Waals surface area contributed by atoms with E-state index in [4.69, 9.17) is 5.73 Å². The lowest BCUT2D eigenvalue weighted by Gasteiger charge is -2.02. The third kappa shape index (κ3) is 1.37. The summed E-state index contributed by atoms with van der Waals surface area (Å²) in [6.07, 6.45) is 2.02. The number of anilines is 1. The molecule has 0 fully saturated rings. The number of aromatic nitrogens is 2. The van der Waals surface area contributed by atoms with Crippen LogP contribution >= 0.6 is 0 Å². The van der Waals surface area contributed by atoms with E-state index in [-0.39, 0.29) is 0 Å². The fourth-order valence-electron chi connectivity index (χ4n) is 1.33. The van der Waals surface area contributed by atoms with E-state index in [1.165, 1.54) is 0 Å². The SMILES string of the molecule is CC(C)n1cc2cc(N)ccc2n1. The zero-order valence-corrected chi connectivity index (χ0v) is 7.86. The molecule has 0 aliphatic heterocycles. The van der Waals surface area contributed by atoms with Crippen LogP contribution in [0.1, 0.15) is 19.9 Å². The first-order chi connectivity index (χ1) is 6.16. The molecule has 2 rings (SSSR count). The van der Waals surface area contributed by atoms with Gasteiger partial charge in [0.1, 0.15) is 0 Å². The highest BCUT2D eigenvalue weighted by molar-refractivity contribution is 5.81. The third-order valence-corrected chi connectivity index (χ3v) is 2.08. The van der Waals surface area contributed by atoms with Crippen molar-refractivity contribution in [2.24, 2.45) is 0 Å². The quantitative estimate of drug-likeness (QED) is 0.675. The van der Waals surface area contributed by atoms with Gasteiger partial charge in [0.15, 0.2) is 0 Å². The van der Waals surface area contributed by atoms with E-state index >= 15 is 0 Å². The summed E-state index contributed by atoms with van der Waals surface area (Å²) in [5, 5.41) is 5.52. The van der Waals surface area contributed by atoms with Crippen LogP contribution < -0.4 is 5.73 Å². The molecular weight excluding hydrogens is 162 g/mol. The second kappa shape index (κ2) is 2.76. The predicted molar refractivity (Wildman–Crippen MR) is 54.5 cm³/mol. The van der Waals surface area contributed by atoms with Gasteiger partial charge in [-0.3, -0.25) is 4.68 Å². The highest BCUT2D eigenvalue weighted by atomic mass is 15.3. The Hall–Kier alpha value is -1.51. The topological polar surface area (TPSA) is 43.8 Å². The van der Waals surface area contributed by atoms with Crippen LogP contribution in [0.4, 0.5) is 5.69 Å². The Morgan fingerprint density at radius 2 is 2.15 bits per heavy atom. The molecule has 68 valence electrons. The van der Waals surface area contributed by atoms with Gasteiger partial charge in [-0.25, -0.2) is 0 Å². The van der Waals surface area contributed by atoms with Crippen molar-refractivity contribution >= 4 is 16.6 Å². The van der Waals surface area contributed by atoms with Crippen molar-refractivity contribution < 1.29 is 0 Å². The van der Waals surface area contributed by atoms with Crippen LogP contribution in [0.15, 0.2) is 24.4 Å². The highest BCUT2D eigenvalue weighted by Crippen LogP contribution is 2.17. The molecule has 3 nitrogen and oxygen atoms in total. The van der Waals surface area contributed by atoms with E-state index in [1.54, 1.807) is 0 Å².